The van der Waals surface area contributed by atoms with E-state index >= 15 is 0 Å². The molecular weight excluding hydrogens is 312 g/mol. The van der Waals surface area contributed by atoms with E-state index < -0.39 is 6.04 Å². The van der Waals surface area contributed by atoms with Gasteiger partial charge < -0.3 is 15.2 Å². The van der Waals surface area contributed by atoms with Crippen LogP contribution in [0.4, 0.5) is 4.79 Å². The number of nitrogens with zero attached hydrogens (tertiary/aromatic N) is 2. The van der Waals surface area contributed by atoms with E-state index in [1.807, 2.05) is 31.2 Å². The minimum atomic E-state index is -0.466. The van der Waals surface area contributed by atoms with Gasteiger partial charge in [0.05, 0.1) is 17.1 Å². The number of hydrogen-bond acceptors (Lipinski definition) is 4. The summed E-state index contributed by atoms with van der Waals surface area (Å²) in [4.78, 5) is 28.2. The van der Waals surface area contributed by atoms with Crippen LogP contribution in [0.1, 0.15) is 38.7 Å². The van der Waals surface area contributed by atoms with Crippen LogP contribution in [0.2, 0.25) is 0 Å². The van der Waals surface area contributed by atoms with E-state index in [0.29, 0.717) is 5.75 Å². The van der Waals surface area contributed by atoms with Crippen LogP contribution in [0.5, 0.6) is 0 Å². The predicted molar refractivity (Wildman–Crippen MR) is 91.5 cm³/mol. The van der Waals surface area contributed by atoms with Gasteiger partial charge in [0.2, 0.25) is 5.91 Å². The van der Waals surface area contributed by atoms with Crippen LogP contribution >= 0.6 is 11.8 Å². The molecule has 0 radical (unpaired) electrons. The summed E-state index contributed by atoms with van der Waals surface area (Å²) in [5.41, 5.74) is 1.98. The molecule has 1 fully saturated rings. The summed E-state index contributed by atoms with van der Waals surface area (Å²) in [5, 5.41) is 5.48. The van der Waals surface area contributed by atoms with Crippen LogP contribution in [0.25, 0.3) is 11.0 Å². The molecule has 0 spiro atoms. The zero-order chi connectivity index (χ0) is 16.6. The third-order valence-electron chi connectivity index (χ3n) is 3.88. The second-order valence-corrected chi connectivity index (χ2v) is 6.94. The van der Waals surface area contributed by atoms with Gasteiger partial charge in [0.1, 0.15) is 11.9 Å². The van der Waals surface area contributed by atoms with Crippen LogP contribution in [0.15, 0.2) is 24.3 Å². The van der Waals surface area contributed by atoms with Gasteiger partial charge in [0.25, 0.3) is 5.24 Å². The van der Waals surface area contributed by atoms with Gasteiger partial charge in [0, 0.05) is 11.8 Å². The van der Waals surface area contributed by atoms with Crippen LogP contribution < -0.4 is 10.6 Å². The molecule has 0 saturated carbocycles. The van der Waals surface area contributed by atoms with Gasteiger partial charge in [0.15, 0.2) is 0 Å². The Labute approximate surface area is 139 Å². The number of nitrogens with one attached hydrogen (secondary N) is 2. The molecule has 6 nitrogen and oxygen atoms in total. The maximum atomic E-state index is 12.3. The largest absolute Gasteiger partial charge is 0.345 e. The fourth-order valence-electron chi connectivity index (χ4n) is 2.82. The lowest BCUT2D eigenvalue weighted by Gasteiger charge is -2.20. The third-order valence-corrected chi connectivity index (χ3v) is 4.76. The number of amides is 2. The third kappa shape index (κ3) is 3.06. The van der Waals surface area contributed by atoms with Gasteiger partial charge in [-0.15, -0.1) is 0 Å². The molecule has 2 heterocycles. The first kappa shape index (κ1) is 15.9. The molecule has 1 aromatic heterocycles. The number of carbonyl (C=O) groups is 2. The van der Waals surface area contributed by atoms with E-state index in [9.17, 15) is 9.59 Å². The monoisotopic (exact) mass is 332 g/mol. The fourth-order valence-corrected chi connectivity index (χ4v) is 3.59. The SMILES string of the molecule is CC(C)n1c([C@@H](C)NC(=O)[C@H]2CSC(=O)N2)nc2ccccc21. The van der Waals surface area contributed by atoms with Crippen molar-refractivity contribution in [1.29, 1.82) is 0 Å². The van der Waals surface area contributed by atoms with Gasteiger partial charge >= 0.3 is 0 Å². The number of fused-ring (bicyclic) bond motifs is 1. The normalized spacial score (nSPS) is 19.1. The molecule has 122 valence electrons. The van der Waals surface area contributed by atoms with Gasteiger partial charge in [-0.05, 0) is 32.9 Å². The van der Waals surface area contributed by atoms with Crippen molar-refractivity contribution in [2.24, 2.45) is 0 Å². The topological polar surface area (TPSA) is 76.0 Å². The highest BCUT2D eigenvalue weighted by molar-refractivity contribution is 8.14. The lowest BCUT2D eigenvalue weighted by Crippen LogP contribution is -2.44. The highest BCUT2D eigenvalue weighted by Gasteiger charge is 2.30. The van der Waals surface area contributed by atoms with Gasteiger partial charge in [-0.3, -0.25) is 9.59 Å². The first-order valence-corrected chi connectivity index (χ1v) is 8.66. The Bertz CT molecular complexity index is 756. The van der Waals surface area contributed by atoms with Crippen molar-refractivity contribution < 1.29 is 9.59 Å². The Morgan fingerprint density at radius 2 is 2.13 bits per heavy atom. The van der Waals surface area contributed by atoms with Crippen molar-refractivity contribution in [2.45, 2.75) is 38.9 Å². The van der Waals surface area contributed by atoms with Crippen LogP contribution in [-0.2, 0) is 4.79 Å². The van der Waals surface area contributed by atoms with E-state index in [0.717, 1.165) is 28.6 Å². The van der Waals surface area contributed by atoms with E-state index in [-0.39, 0.29) is 23.2 Å². The standard InChI is InChI=1S/C16H20N4O2S/c1-9(2)20-13-7-5-4-6-11(13)18-14(20)10(3)17-15(21)12-8-23-16(22)19-12/h4-7,9-10,12H,8H2,1-3H3,(H,17,21)(H,19,22)/t10-,12-/m1/s1. The molecule has 1 aliphatic rings. The van der Waals surface area contributed by atoms with E-state index in [1.165, 1.54) is 0 Å². The zero-order valence-corrected chi connectivity index (χ0v) is 14.2. The van der Waals surface area contributed by atoms with Gasteiger partial charge in [-0.2, -0.15) is 0 Å². The van der Waals surface area contributed by atoms with Crippen LogP contribution in [0, 0.1) is 0 Å². The molecule has 7 heteroatoms. The molecule has 2 aromatic rings. The number of benzene rings is 1. The minimum absolute atomic E-state index is 0.146. The van der Waals surface area contributed by atoms with E-state index in [1.54, 1.807) is 0 Å². The average Bonchev–Trinajstić information content (AvgIpc) is 3.10. The lowest BCUT2D eigenvalue weighted by molar-refractivity contribution is -0.123. The average molecular weight is 332 g/mol. The number of carbonyl (C=O) groups excluding carboxylic acids is 2. The number of aromatic nitrogens is 2. The van der Waals surface area contributed by atoms with Crippen molar-refractivity contribution in [3.63, 3.8) is 0 Å². The summed E-state index contributed by atoms with van der Waals surface area (Å²) in [6.45, 7) is 6.11. The van der Waals surface area contributed by atoms with Crippen molar-refractivity contribution in [3.05, 3.63) is 30.1 Å². The molecule has 2 N–H and O–H groups in total. The Balaban J connectivity index is 1.85. The molecule has 0 unspecified atom stereocenters. The van der Waals surface area contributed by atoms with E-state index in [2.05, 4.69) is 34.0 Å². The van der Waals surface area contributed by atoms with Crippen LogP contribution in [0.3, 0.4) is 0 Å². The number of rotatable bonds is 4. The maximum Gasteiger partial charge on any atom is 0.279 e. The molecule has 1 saturated heterocycles. The summed E-state index contributed by atoms with van der Waals surface area (Å²) in [6, 6.07) is 7.48. The maximum absolute atomic E-state index is 12.3. The predicted octanol–water partition coefficient (Wildman–Crippen LogP) is 2.62. The number of imidazole rings is 1. The first-order chi connectivity index (χ1) is 11.0. The Kier molecular flexibility index (Phi) is 4.30. The van der Waals surface area contributed by atoms with Crippen molar-refractivity contribution >= 4 is 33.9 Å². The van der Waals surface area contributed by atoms with E-state index in [4.69, 9.17) is 0 Å². The molecule has 1 aromatic carbocycles. The summed E-state index contributed by atoms with van der Waals surface area (Å²) < 4.78 is 2.14. The van der Waals surface area contributed by atoms with Crippen molar-refractivity contribution in [3.8, 4) is 0 Å². The van der Waals surface area contributed by atoms with Crippen LogP contribution in [-0.4, -0.2) is 32.5 Å². The molecule has 0 bridgehead atoms. The number of para-hydroxylation sites is 2. The summed E-state index contributed by atoms with van der Waals surface area (Å²) in [5.74, 6) is 1.13. The van der Waals surface area contributed by atoms with Gasteiger partial charge in [-0.1, -0.05) is 23.9 Å². The molecule has 3 rings (SSSR count). The molecular formula is C16H20N4O2S. The van der Waals surface area contributed by atoms with Gasteiger partial charge in [-0.25, -0.2) is 4.98 Å². The molecule has 0 aliphatic carbocycles. The highest BCUT2D eigenvalue weighted by atomic mass is 32.2. The lowest BCUT2D eigenvalue weighted by atomic mass is 10.2. The summed E-state index contributed by atoms with van der Waals surface area (Å²) in [7, 11) is 0. The second-order valence-electron chi connectivity index (χ2n) is 5.95. The Morgan fingerprint density at radius 1 is 1.39 bits per heavy atom. The minimum Gasteiger partial charge on any atom is -0.345 e. The number of thioether (sulfide) groups is 1. The molecule has 1 aliphatic heterocycles. The quantitative estimate of drug-likeness (QED) is 0.902. The second kappa shape index (κ2) is 6.23. The number of hydrogen-bond donors (Lipinski definition) is 2. The molecule has 2 atom stereocenters. The molecule has 2 amide bonds. The highest BCUT2D eigenvalue weighted by Crippen LogP contribution is 2.25. The Morgan fingerprint density at radius 3 is 2.78 bits per heavy atom. The molecule has 23 heavy (non-hydrogen) atoms. The van der Waals surface area contributed by atoms with Crippen molar-refractivity contribution in [1.82, 2.24) is 20.2 Å². The smallest absolute Gasteiger partial charge is 0.279 e. The Hall–Kier alpha value is -2.02. The summed E-state index contributed by atoms with van der Waals surface area (Å²) >= 11 is 1.14. The fraction of sp³-hybridized carbons (Fsp3) is 0.438. The summed E-state index contributed by atoms with van der Waals surface area (Å²) in [6.07, 6.45) is 0. The van der Waals surface area contributed by atoms with Crippen molar-refractivity contribution in [2.75, 3.05) is 5.75 Å². The first-order valence-electron chi connectivity index (χ1n) is 7.68. The zero-order valence-electron chi connectivity index (χ0n) is 13.4.